The highest BCUT2D eigenvalue weighted by molar-refractivity contribution is 5.94. The number of hydrogen-bond donors (Lipinski definition) is 1. The van der Waals surface area contributed by atoms with Crippen molar-refractivity contribution in [2.24, 2.45) is 0 Å². The molecule has 0 bridgehead atoms. The summed E-state index contributed by atoms with van der Waals surface area (Å²) in [6, 6.07) is 7.62. The Hall–Kier alpha value is -2.34. The summed E-state index contributed by atoms with van der Waals surface area (Å²) < 4.78 is 11.1. The molecule has 0 saturated carbocycles. The zero-order chi connectivity index (χ0) is 16.4. The number of ether oxygens (including phenoxy) is 2. The fraction of sp³-hybridized carbons (Fsp3) is 0.444. The van der Waals surface area contributed by atoms with Crippen LogP contribution in [0, 0.1) is 0 Å². The summed E-state index contributed by atoms with van der Waals surface area (Å²) in [7, 11) is 0. The first-order chi connectivity index (χ1) is 11.8. The summed E-state index contributed by atoms with van der Waals surface area (Å²) in [6.45, 7) is 2.08. The summed E-state index contributed by atoms with van der Waals surface area (Å²) in [5.41, 5.74) is 1.71. The Morgan fingerprint density at radius 2 is 2.33 bits per heavy atom. The fourth-order valence-corrected chi connectivity index (χ4v) is 3.43. The Morgan fingerprint density at radius 1 is 1.38 bits per heavy atom. The number of aromatic amines is 1. The highest BCUT2D eigenvalue weighted by Gasteiger charge is 2.31. The van der Waals surface area contributed by atoms with E-state index in [1.807, 2.05) is 23.2 Å². The van der Waals surface area contributed by atoms with Gasteiger partial charge in [-0.05, 0) is 31.0 Å². The molecule has 6 heteroatoms. The molecule has 4 heterocycles. The summed E-state index contributed by atoms with van der Waals surface area (Å²) >= 11 is 0. The third-order valence-corrected chi connectivity index (χ3v) is 4.65. The van der Waals surface area contributed by atoms with Crippen LogP contribution in [0.5, 0.6) is 5.88 Å². The molecule has 2 aliphatic heterocycles. The van der Waals surface area contributed by atoms with Crippen molar-refractivity contribution >= 4 is 5.91 Å². The molecule has 6 nitrogen and oxygen atoms in total. The average Bonchev–Trinajstić information content (AvgIpc) is 3.35. The molecule has 24 heavy (non-hydrogen) atoms. The minimum atomic E-state index is 0.0290. The molecule has 1 amide bonds. The van der Waals surface area contributed by atoms with Gasteiger partial charge in [-0.2, -0.15) is 0 Å². The predicted octanol–water partition coefficient (Wildman–Crippen LogP) is 2.55. The number of H-pyrrole nitrogens is 1. The third-order valence-electron chi connectivity index (χ3n) is 4.65. The van der Waals surface area contributed by atoms with Gasteiger partial charge in [0, 0.05) is 42.7 Å². The Labute approximate surface area is 140 Å². The van der Waals surface area contributed by atoms with Crippen molar-refractivity contribution in [2.45, 2.75) is 31.4 Å². The van der Waals surface area contributed by atoms with Crippen molar-refractivity contribution in [3.05, 3.63) is 47.9 Å². The number of pyridine rings is 1. The minimum Gasteiger partial charge on any atom is -0.472 e. The van der Waals surface area contributed by atoms with Gasteiger partial charge in [-0.15, -0.1) is 0 Å². The largest absolute Gasteiger partial charge is 0.472 e. The Morgan fingerprint density at radius 3 is 3.12 bits per heavy atom. The van der Waals surface area contributed by atoms with Gasteiger partial charge in [-0.25, -0.2) is 4.98 Å². The van der Waals surface area contributed by atoms with Crippen LogP contribution in [-0.2, 0) is 4.74 Å². The van der Waals surface area contributed by atoms with E-state index in [1.54, 1.807) is 18.3 Å². The van der Waals surface area contributed by atoms with E-state index in [-0.39, 0.29) is 18.1 Å². The first-order valence-electron chi connectivity index (χ1n) is 8.46. The molecule has 1 N–H and O–H groups in total. The van der Waals surface area contributed by atoms with Crippen LogP contribution in [0.25, 0.3) is 0 Å². The predicted molar refractivity (Wildman–Crippen MR) is 87.9 cm³/mol. The van der Waals surface area contributed by atoms with E-state index in [1.165, 1.54) is 0 Å². The first kappa shape index (κ1) is 15.2. The summed E-state index contributed by atoms with van der Waals surface area (Å²) in [4.78, 5) is 22.3. The first-order valence-corrected chi connectivity index (χ1v) is 8.46. The van der Waals surface area contributed by atoms with Gasteiger partial charge in [0.15, 0.2) is 0 Å². The van der Waals surface area contributed by atoms with Crippen LogP contribution in [0.2, 0.25) is 0 Å². The van der Waals surface area contributed by atoms with E-state index in [9.17, 15) is 4.79 Å². The van der Waals surface area contributed by atoms with Gasteiger partial charge in [0.05, 0.1) is 19.3 Å². The maximum absolute atomic E-state index is 12.9. The highest BCUT2D eigenvalue weighted by atomic mass is 16.5. The lowest BCUT2D eigenvalue weighted by Gasteiger charge is -2.24. The van der Waals surface area contributed by atoms with Crippen molar-refractivity contribution in [2.75, 3.05) is 19.8 Å². The van der Waals surface area contributed by atoms with Gasteiger partial charge < -0.3 is 19.4 Å². The standard InChI is InChI=1S/C18H21N3O3/c22-18(21-9-2-4-16(21)15-3-1-7-19-15)13-5-8-20-17(11-13)24-14-6-10-23-12-14/h1,3,5,7-8,11,14,16,19H,2,4,6,9-10,12H2/t14-,16-/m0/s1. The lowest BCUT2D eigenvalue weighted by atomic mass is 10.1. The van der Waals surface area contributed by atoms with E-state index in [0.29, 0.717) is 18.1 Å². The molecular formula is C18H21N3O3. The van der Waals surface area contributed by atoms with E-state index in [0.717, 1.165) is 38.1 Å². The summed E-state index contributed by atoms with van der Waals surface area (Å²) in [5, 5.41) is 0. The van der Waals surface area contributed by atoms with Crippen molar-refractivity contribution in [1.82, 2.24) is 14.9 Å². The fourth-order valence-electron chi connectivity index (χ4n) is 3.43. The van der Waals surface area contributed by atoms with Gasteiger partial charge in [0.1, 0.15) is 6.10 Å². The molecular weight excluding hydrogens is 306 g/mol. The third kappa shape index (κ3) is 3.01. The molecule has 2 aromatic heterocycles. The van der Waals surface area contributed by atoms with Gasteiger partial charge in [-0.3, -0.25) is 4.79 Å². The second-order valence-corrected chi connectivity index (χ2v) is 6.27. The smallest absolute Gasteiger partial charge is 0.254 e. The lowest BCUT2D eigenvalue weighted by Crippen LogP contribution is -2.30. The number of carbonyl (C=O) groups excluding carboxylic acids is 1. The zero-order valence-electron chi connectivity index (χ0n) is 13.5. The Kier molecular flexibility index (Phi) is 4.21. The number of rotatable bonds is 4. The molecule has 2 aromatic rings. The number of nitrogens with zero attached hydrogens (tertiary/aromatic N) is 2. The van der Waals surface area contributed by atoms with Crippen LogP contribution >= 0.6 is 0 Å². The SMILES string of the molecule is O=C(c1ccnc(O[C@H]2CCOC2)c1)N1CCC[C@H]1c1ccc[nH]1. The molecule has 126 valence electrons. The number of carbonyl (C=O) groups is 1. The molecule has 4 rings (SSSR count). The van der Waals surface area contributed by atoms with Crippen LogP contribution in [0.3, 0.4) is 0 Å². The number of hydrogen-bond acceptors (Lipinski definition) is 4. The number of amides is 1. The van der Waals surface area contributed by atoms with Crippen LogP contribution in [0.1, 0.15) is 41.4 Å². The number of aromatic nitrogens is 2. The van der Waals surface area contributed by atoms with Crippen LogP contribution in [0.4, 0.5) is 0 Å². The van der Waals surface area contributed by atoms with Crippen molar-refractivity contribution in [3.63, 3.8) is 0 Å². The molecule has 0 radical (unpaired) electrons. The van der Waals surface area contributed by atoms with E-state index >= 15 is 0 Å². The molecule has 0 aromatic carbocycles. The highest BCUT2D eigenvalue weighted by Crippen LogP contribution is 2.32. The average molecular weight is 327 g/mol. The maximum Gasteiger partial charge on any atom is 0.254 e. The normalized spacial score (nSPS) is 23.6. The second-order valence-electron chi connectivity index (χ2n) is 6.27. The summed E-state index contributed by atoms with van der Waals surface area (Å²) in [6.07, 6.45) is 6.43. The quantitative estimate of drug-likeness (QED) is 0.937. The summed E-state index contributed by atoms with van der Waals surface area (Å²) in [5.74, 6) is 0.522. The van der Waals surface area contributed by atoms with E-state index in [4.69, 9.17) is 9.47 Å². The maximum atomic E-state index is 12.9. The zero-order valence-corrected chi connectivity index (χ0v) is 13.5. The van der Waals surface area contributed by atoms with Crippen LogP contribution in [0.15, 0.2) is 36.7 Å². The van der Waals surface area contributed by atoms with Crippen LogP contribution in [-0.4, -0.2) is 46.6 Å². The van der Waals surface area contributed by atoms with Gasteiger partial charge in [0.25, 0.3) is 5.91 Å². The van der Waals surface area contributed by atoms with Crippen molar-refractivity contribution in [1.29, 1.82) is 0 Å². The molecule has 2 atom stereocenters. The molecule has 0 unspecified atom stereocenters. The lowest BCUT2D eigenvalue weighted by molar-refractivity contribution is 0.0732. The monoisotopic (exact) mass is 327 g/mol. The van der Waals surface area contributed by atoms with E-state index < -0.39 is 0 Å². The topological polar surface area (TPSA) is 67.5 Å². The Bertz CT molecular complexity index is 695. The minimum absolute atomic E-state index is 0.0290. The molecule has 2 fully saturated rings. The van der Waals surface area contributed by atoms with Gasteiger partial charge in [0.2, 0.25) is 5.88 Å². The van der Waals surface area contributed by atoms with Crippen molar-refractivity contribution in [3.8, 4) is 5.88 Å². The molecule has 2 aliphatic rings. The van der Waals surface area contributed by atoms with Gasteiger partial charge >= 0.3 is 0 Å². The number of nitrogens with one attached hydrogen (secondary N) is 1. The number of likely N-dealkylation sites (tertiary alicyclic amines) is 1. The second kappa shape index (κ2) is 6.65. The van der Waals surface area contributed by atoms with E-state index in [2.05, 4.69) is 9.97 Å². The Balaban J connectivity index is 1.51. The molecule has 0 spiro atoms. The molecule has 0 aliphatic carbocycles. The van der Waals surface area contributed by atoms with Crippen molar-refractivity contribution < 1.29 is 14.3 Å². The van der Waals surface area contributed by atoms with Gasteiger partial charge in [-0.1, -0.05) is 0 Å². The van der Waals surface area contributed by atoms with Crippen LogP contribution < -0.4 is 4.74 Å². The molecule has 2 saturated heterocycles.